The highest BCUT2D eigenvalue weighted by Gasteiger charge is 2.30. The molecule has 1 aromatic rings. The van der Waals surface area contributed by atoms with Crippen molar-refractivity contribution in [3.63, 3.8) is 0 Å². The fourth-order valence-corrected chi connectivity index (χ4v) is 1.97. The first kappa shape index (κ1) is 13.5. The van der Waals surface area contributed by atoms with Crippen LogP contribution in [0, 0.1) is 16.0 Å². The quantitative estimate of drug-likeness (QED) is 0.646. The SMILES string of the molecule is CN(C(=O)CC(N)C1CC1)c1ccc([N+](=O)[O-])cc1. The topological polar surface area (TPSA) is 89.5 Å². The van der Waals surface area contributed by atoms with Crippen molar-refractivity contribution in [1.29, 1.82) is 0 Å². The van der Waals surface area contributed by atoms with E-state index >= 15 is 0 Å². The van der Waals surface area contributed by atoms with E-state index in [1.54, 1.807) is 19.2 Å². The molecule has 6 heteroatoms. The third-order valence-electron chi connectivity index (χ3n) is 3.46. The Morgan fingerprint density at radius 2 is 2.05 bits per heavy atom. The summed E-state index contributed by atoms with van der Waals surface area (Å²) in [5.41, 5.74) is 6.57. The zero-order valence-corrected chi connectivity index (χ0v) is 10.8. The van der Waals surface area contributed by atoms with E-state index in [2.05, 4.69) is 0 Å². The minimum absolute atomic E-state index is 0.0132. The summed E-state index contributed by atoms with van der Waals surface area (Å²) >= 11 is 0. The number of nitro groups is 1. The number of nitrogens with two attached hydrogens (primary N) is 1. The molecule has 0 bridgehead atoms. The zero-order chi connectivity index (χ0) is 14.0. The fraction of sp³-hybridized carbons (Fsp3) is 0.462. The lowest BCUT2D eigenvalue weighted by atomic mass is 10.1. The lowest BCUT2D eigenvalue weighted by Crippen LogP contribution is -2.34. The van der Waals surface area contributed by atoms with Gasteiger partial charge in [-0.05, 0) is 30.9 Å². The minimum atomic E-state index is -0.464. The molecule has 0 radical (unpaired) electrons. The lowest BCUT2D eigenvalue weighted by molar-refractivity contribution is -0.384. The molecule has 1 amide bonds. The van der Waals surface area contributed by atoms with Crippen molar-refractivity contribution in [3.8, 4) is 0 Å². The fourth-order valence-electron chi connectivity index (χ4n) is 1.97. The van der Waals surface area contributed by atoms with E-state index in [1.165, 1.54) is 17.0 Å². The van der Waals surface area contributed by atoms with Gasteiger partial charge in [-0.3, -0.25) is 14.9 Å². The van der Waals surface area contributed by atoms with Crippen LogP contribution in [-0.2, 0) is 4.79 Å². The number of nitrogens with zero attached hydrogens (tertiary/aromatic N) is 2. The van der Waals surface area contributed by atoms with Gasteiger partial charge < -0.3 is 10.6 Å². The summed E-state index contributed by atoms with van der Waals surface area (Å²) in [7, 11) is 1.66. The van der Waals surface area contributed by atoms with Crippen LogP contribution in [0.5, 0.6) is 0 Å². The van der Waals surface area contributed by atoms with Gasteiger partial charge in [0.05, 0.1) is 4.92 Å². The highest BCUT2D eigenvalue weighted by Crippen LogP contribution is 2.33. The maximum Gasteiger partial charge on any atom is 0.269 e. The maximum atomic E-state index is 12.0. The Morgan fingerprint density at radius 3 is 2.53 bits per heavy atom. The summed E-state index contributed by atoms with van der Waals surface area (Å²) in [4.78, 5) is 23.6. The van der Waals surface area contributed by atoms with Gasteiger partial charge in [0.25, 0.3) is 5.69 Å². The van der Waals surface area contributed by atoms with Crippen LogP contribution in [0.3, 0.4) is 0 Å². The summed E-state index contributed by atoms with van der Waals surface area (Å²) in [5.74, 6) is 0.419. The summed E-state index contributed by atoms with van der Waals surface area (Å²) in [6, 6.07) is 5.84. The van der Waals surface area contributed by atoms with Crippen molar-refractivity contribution in [1.82, 2.24) is 0 Å². The number of carbonyl (C=O) groups is 1. The molecule has 1 fully saturated rings. The lowest BCUT2D eigenvalue weighted by Gasteiger charge is -2.19. The highest BCUT2D eigenvalue weighted by atomic mass is 16.6. The van der Waals surface area contributed by atoms with Gasteiger partial charge in [0, 0.05) is 37.3 Å². The monoisotopic (exact) mass is 263 g/mol. The standard InChI is InChI=1S/C13H17N3O3/c1-15(13(17)8-12(14)9-2-3-9)10-4-6-11(7-5-10)16(18)19/h4-7,9,12H,2-3,8,14H2,1H3. The van der Waals surface area contributed by atoms with Crippen LogP contribution in [0.4, 0.5) is 11.4 Å². The molecule has 1 saturated carbocycles. The van der Waals surface area contributed by atoms with Crippen molar-refractivity contribution < 1.29 is 9.72 Å². The van der Waals surface area contributed by atoms with Gasteiger partial charge in [-0.1, -0.05) is 0 Å². The Bertz CT molecular complexity index is 482. The maximum absolute atomic E-state index is 12.0. The molecule has 0 aromatic heterocycles. The van der Waals surface area contributed by atoms with Crippen LogP contribution < -0.4 is 10.6 Å². The van der Waals surface area contributed by atoms with Crippen molar-refractivity contribution in [2.45, 2.75) is 25.3 Å². The van der Waals surface area contributed by atoms with Crippen LogP contribution in [0.1, 0.15) is 19.3 Å². The Hall–Kier alpha value is -1.95. The van der Waals surface area contributed by atoms with E-state index in [9.17, 15) is 14.9 Å². The number of rotatable bonds is 5. The molecule has 1 atom stereocenters. The van der Waals surface area contributed by atoms with E-state index < -0.39 is 4.92 Å². The van der Waals surface area contributed by atoms with Crippen LogP contribution in [0.25, 0.3) is 0 Å². The van der Waals surface area contributed by atoms with Crippen molar-refractivity contribution >= 4 is 17.3 Å². The highest BCUT2D eigenvalue weighted by molar-refractivity contribution is 5.93. The van der Waals surface area contributed by atoms with E-state index in [1.807, 2.05) is 0 Å². The van der Waals surface area contributed by atoms with Crippen molar-refractivity contribution in [2.75, 3.05) is 11.9 Å². The zero-order valence-electron chi connectivity index (χ0n) is 10.8. The molecule has 0 saturated heterocycles. The normalized spacial score (nSPS) is 15.9. The molecule has 19 heavy (non-hydrogen) atoms. The Labute approximate surface area is 111 Å². The van der Waals surface area contributed by atoms with E-state index in [0.717, 1.165) is 12.8 Å². The molecule has 0 spiro atoms. The van der Waals surface area contributed by atoms with E-state index in [0.29, 0.717) is 18.0 Å². The number of carbonyl (C=O) groups excluding carboxylic acids is 1. The predicted octanol–water partition coefficient (Wildman–Crippen LogP) is 1.68. The number of nitro benzene ring substituents is 1. The molecule has 0 heterocycles. The second-order valence-electron chi connectivity index (χ2n) is 4.93. The predicted molar refractivity (Wildman–Crippen MR) is 71.8 cm³/mol. The van der Waals surface area contributed by atoms with Gasteiger partial charge in [0.2, 0.25) is 5.91 Å². The number of anilines is 1. The molecule has 1 aliphatic carbocycles. The van der Waals surface area contributed by atoms with Gasteiger partial charge >= 0.3 is 0 Å². The first-order valence-electron chi connectivity index (χ1n) is 6.25. The molecular formula is C13H17N3O3. The second-order valence-corrected chi connectivity index (χ2v) is 4.93. The summed E-state index contributed by atoms with van der Waals surface area (Å²) in [5, 5.41) is 10.6. The first-order chi connectivity index (χ1) is 8.99. The van der Waals surface area contributed by atoms with Crippen LogP contribution in [0.15, 0.2) is 24.3 Å². The van der Waals surface area contributed by atoms with Crippen LogP contribution in [0.2, 0.25) is 0 Å². The largest absolute Gasteiger partial charge is 0.327 e. The molecule has 2 rings (SSSR count). The van der Waals surface area contributed by atoms with Crippen LogP contribution >= 0.6 is 0 Å². The average molecular weight is 263 g/mol. The number of non-ortho nitro benzene ring substituents is 1. The van der Waals surface area contributed by atoms with Gasteiger partial charge in [0.1, 0.15) is 0 Å². The third-order valence-corrected chi connectivity index (χ3v) is 3.46. The van der Waals surface area contributed by atoms with Gasteiger partial charge in [-0.25, -0.2) is 0 Å². The first-order valence-corrected chi connectivity index (χ1v) is 6.25. The van der Waals surface area contributed by atoms with Crippen LogP contribution in [-0.4, -0.2) is 23.9 Å². The van der Waals surface area contributed by atoms with E-state index in [-0.39, 0.29) is 17.6 Å². The average Bonchev–Trinajstić information content (AvgIpc) is 3.22. The Kier molecular flexibility index (Phi) is 3.80. The molecule has 0 aliphatic heterocycles. The summed E-state index contributed by atoms with van der Waals surface area (Å²) < 4.78 is 0. The number of benzene rings is 1. The molecule has 1 aromatic carbocycles. The smallest absolute Gasteiger partial charge is 0.269 e. The molecule has 2 N–H and O–H groups in total. The second kappa shape index (κ2) is 5.36. The van der Waals surface area contributed by atoms with Crippen molar-refractivity contribution in [3.05, 3.63) is 34.4 Å². The summed E-state index contributed by atoms with van der Waals surface area (Å²) in [6.07, 6.45) is 2.53. The number of amides is 1. The number of hydrogen-bond acceptors (Lipinski definition) is 4. The molecule has 1 unspecified atom stereocenters. The van der Waals surface area contributed by atoms with Gasteiger partial charge in [0.15, 0.2) is 0 Å². The Morgan fingerprint density at radius 1 is 1.47 bits per heavy atom. The minimum Gasteiger partial charge on any atom is -0.327 e. The van der Waals surface area contributed by atoms with Gasteiger partial charge in [-0.15, -0.1) is 0 Å². The molecule has 1 aliphatic rings. The number of hydrogen-bond donors (Lipinski definition) is 1. The Balaban J connectivity index is 1.99. The third kappa shape index (κ3) is 3.29. The summed E-state index contributed by atoms with van der Waals surface area (Å²) in [6.45, 7) is 0. The molecular weight excluding hydrogens is 246 g/mol. The van der Waals surface area contributed by atoms with E-state index in [4.69, 9.17) is 5.73 Å². The van der Waals surface area contributed by atoms with Gasteiger partial charge in [-0.2, -0.15) is 0 Å². The molecule has 6 nitrogen and oxygen atoms in total. The molecule has 102 valence electrons. The van der Waals surface area contributed by atoms with Crippen molar-refractivity contribution in [2.24, 2.45) is 11.7 Å².